The maximum Gasteiger partial charge on any atom is 0.213 e. The largest absolute Gasteiger partial charge is 0.354 e. The van der Waals surface area contributed by atoms with Crippen LogP contribution >= 0.6 is 15.9 Å². The predicted octanol–water partition coefficient (Wildman–Crippen LogP) is 2.81. The van der Waals surface area contributed by atoms with Crippen LogP contribution in [0.2, 0.25) is 0 Å². The lowest BCUT2D eigenvalue weighted by Crippen LogP contribution is -2.46. The lowest BCUT2D eigenvalue weighted by atomic mass is 10.1. The first-order valence-corrected chi connectivity index (χ1v) is 9.36. The molecule has 0 N–H and O–H groups in total. The first-order chi connectivity index (χ1) is 12.6. The first-order valence-electron chi connectivity index (χ1n) is 8.56. The van der Waals surface area contributed by atoms with Crippen molar-refractivity contribution in [1.29, 1.82) is 5.26 Å². The second kappa shape index (κ2) is 8.39. The maximum atomic E-state index is 12.8. The standard InChI is InChI=1S/C19H20BrN5O/c1-14-16(12-15(20)13-22-14)19(26)17-4-2-5-18(23-17)25-10-8-24(9-11-25)7-3-6-21/h2,4-5,12-13H,3,7-11H2,1H3. The molecule has 26 heavy (non-hydrogen) atoms. The number of pyridine rings is 2. The van der Waals surface area contributed by atoms with E-state index in [1.807, 2.05) is 19.1 Å². The topological polar surface area (TPSA) is 73.1 Å². The molecule has 1 fully saturated rings. The van der Waals surface area contributed by atoms with Gasteiger partial charge in [0.05, 0.1) is 6.07 Å². The van der Waals surface area contributed by atoms with E-state index in [-0.39, 0.29) is 5.78 Å². The zero-order valence-corrected chi connectivity index (χ0v) is 16.2. The molecule has 3 heterocycles. The van der Waals surface area contributed by atoms with Crippen LogP contribution in [0.3, 0.4) is 0 Å². The van der Waals surface area contributed by atoms with E-state index in [1.54, 1.807) is 18.3 Å². The van der Waals surface area contributed by atoms with Gasteiger partial charge in [0.25, 0.3) is 0 Å². The van der Waals surface area contributed by atoms with Crippen molar-refractivity contribution in [3.63, 3.8) is 0 Å². The van der Waals surface area contributed by atoms with E-state index in [4.69, 9.17) is 5.26 Å². The van der Waals surface area contributed by atoms with Crippen molar-refractivity contribution in [2.45, 2.75) is 13.3 Å². The highest BCUT2D eigenvalue weighted by molar-refractivity contribution is 9.10. The fourth-order valence-electron chi connectivity index (χ4n) is 3.01. The van der Waals surface area contributed by atoms with Crippen LogP contribution in [0.1, 0.15) is 28.2 Å². The summed E-state index contributed by atoms with van der Waals surface area (Å²) in [5, 5.41) is 8.70. The number of anilines is 1. The zero-order chi connectivity index (χ0) is 18.5. The summed E-state index contributed by atoms with van der Waals surface area (Å²) in [4.78, 5) is 26.1. The number of nitriles is 1. The van der Waals surface area contributed by atoms with Crippen molar-refractivity contribution >= 4 is 27.5 Å². The Morgan fingerprint density at radius 1 is 1.31 bits per heavy atom. The molecule has 7 heteroatoms. The Balaban J connectivity index is 1.74. The number of halogens is 1. The van der Waals surface area contributed by atoms with Crippen LogP contribution < -0.4 is 4.90 Å². The van der Waals surface area contributed by atoms with E-state index in [0.717, 1.165) is 43.0 Å². The van der Waals surface area contributed by atoms with Crippen LogP contribution in [0.15, 0.2) is 34.9 Å². The lowest BCUT2D eigenvalue weighted by molar-refractivity contribution is 0.103. The Morgan fingerprint density at radius 2 is 2.08 bits per heavy atom. The highest BCUT2D eigenvalue weighted by atomic mass is 79.9. The minimum absolute atomic E-state index is 0.120. The van der Waals surface area contributed by atoms with E-state index >= 15 is 0 Å². The molecule has 0 amide bonds. The third-order valence-corrected chi connectivity index (χ3v) is 4.93. The molecule has 1 aliphatic rings. The molecule has 0 unspecified atom stereocenters. The molecule has 3 rings (SSSR count). The minimum Gasteiger partial charge on any atom is -0.354 e. The Morgan fingerprint density at radius 3 is 2.81 bits per heavy atom. The average molecular weight is 414 g/mol. The summed E-state index contributed by atoms with van der Waals surface area (Å²) >= 11 is 3.37. The van der Waals surface area contributed by atoms with Gasteiger partial charge in [-0.1, -0.05) is 6.07 Å². The Kier molecular flexibility index (Phi) is 5.96. The molecular formula is C19H20BrN5O. The number of ketones is 1. The van der Waals surface area contributed by atoms with E-state index in [9.17, 15) is 4.79 Å². The van der Waals surface area contributed by atoms with Gasteiger partial charge < -0.3 is 4.90 Å². The normalized spacial score (nSPS) is 14.9. The summed E-state index contributed by atoms with van der Waals surface area (Å²) < 4.78 is 0.774. The predicted molar refractivity (Wildman–Crippen MR) is 103 cm³/mol. The van der Waals surface area contributed by atoms with Crippen molar-refractivity contribution in [3.8, 4) is 6.07 Å². The molecule has 2 aromatic rings. The van der Waals surface area contributed by atoms with Gasteiger partial charge in [0, 0.05) is 61.1 Å². The molecule has 0 aromatic carbocycles. The Bertz CT molecular complexity index is 840. The molecule has 2 aromatic heterocycles. The fourth-order valence-corrected chi connectivity index (χ4v) is 3.34. The molecule has 0 aliphatic carbocycles. The number of nitrogens with zero attached hydrogens (tertiary/aromatic N) is 5. The van der Waals surface area contributed by atoms with E-state index < -0.39 is 0 Å². The van der Waals surface area contributed by atoms with Gasteiger partial charge in [0.1, 0.15) is 11.5 Å². The quantitative estimate of drug-likeness (QED) is 0.701. The number of hydrogen-bond acceptors (Lipinski definition) is 6. The number of piperazine rings is 1. The van der Waals surface area contributed by atoms with Crippen molar-refractivity contribution in [2.24, 2.45) is 0 Å². The molecule has 1 aliphatic heterocycles. The molecule has 0 radical (unpaired) electrons. The molecule has 1 saturated heterocycles. The summed E-state index contributed by atoms with van der Waals surface area (Å²) in [6.07, 6.45) is 2.24. The molecule has 134 valence electrons. The van der Waals surface area contributed by atoms with Crippen LogP contribution in [-0.4, -0.2) is 53.4 Å². The lowest BCUT2D eigenvalue weighted by Gasteiger charge is -2.35. The van der Waals surface area contributed by atoms with Gasteiger partial charge in [-0.15, -0.1) is 0 Å². The molecule has 0 atom stereocenters. The average Bonchev–Trinajstić information content (AvgIpc) is 2.68. The number of rotatable bonds is 5. The number of aromatic nitrogens is 2. The van der Waals surface area contributed by atoms with Gasteiger partial charge in [-0.3, -0.25) is 14.7 Å². The number of carbonyl (C=O) groups is 1. The molecule has 0 bridgehead atoms. The van der Waals surface area contributed by atoms with Crippen molar-refractivity contribution in [1.82, 2.24) is 14.9 Å². The minimum atomic E-state index is -0.120. The third kappa shape index (κ3) is 4.26. The van der Waals surface area contributed by atoms with Crippen molar-refractivity contribution in [2.75, 3.05) is 37.6 Å². The summed E-state index contributed by atoms with van der Waals surface area (Å²) in [6, 6.07) is 9.53. The van der Waals surface area contributed by atoms with E-state index in [0.29, 0.717) is 23.4 Å². The molecule has 6 nitrogen and oxygen atoms in total. The highest BCUT2D eigenvalue weighted by Crippen LogP contribution is 2.19. The van der Waals surface area contributed by atoms with Gasteiger partial charge in [-0.05, 0) is 41.1 Å². The smallest absolute Gasteiger partial charge is 0.213 e. The fraction of sp³-hybridized carbons (Fsp3) is 0.368. The summed E-state index contributed by atoms with van der Waals surface area (Å²) in [5.41, 5.74) is 1.68. The second-order valence-corrected chi connectivity index (χ2v) is 7.15. The van der Waals surface area contributed by atoms with Gasteiger partial charge >= 0.3 is 0 Å². The summed E-state index contributed by atoms with van der Waals surface area (Å²) in [7, 11) is 0. The van der Waals surface area contributed by atoms with Crippen molar-refractivity contribution in [3.05, 3.63) is 51.9 Å². The van der Waals surface area contributed by atoms with Crippen molar-refractivity contribution < 1.29 is 4.79 Å². The second-order valence-electron chi connectivity index (χ2n) is 6.23. The Labute approximate surface area is 161 Å². The Hall–Kier alpha value is -2.30. The molecule has 0 saturated carbocycles. The van der Waals surface area contributed by atoms with Gasteiger partial charge in [-0.2, -0.15) is 5.26 Å². The van der Waals surface area contributed by atoms with Crippen LogP contribution in [0, 0.1) is 18.3 Å². The number of hydrogen-bond donors (Lipinski definition) is 0. The SMILES string of the molecule is Cc1ncc(Br)cc1C(=O)c1cccc(N2CCN(CCC#N)CC2)n1. The zero-order valence-electron chi connectivity index (χ0n) is 14.7. The van der Waals surface area contributed by atoms with Crippen LogP contribution in [-0.2, 0) is 0 Å². The van der Waals surface area contributed by atoms with E-state index in [2.05, 4.69) is 41.8 Å². The van der Waals surface area contributed by atoms with Gasteiger partial charge in [0.15, 0.2) is 0 Å². The summed E-state index contributed by atoms with van der Waals surface area (Å²) in [5.74, 6) is 0.696. The molecular weight excluding hydrogens is 394 g/mol. The first kappa shape index (κ1) is 18.5. The van der Waals surface area contributed by atoms with Crippen LogP contribution in [0.5, 0.6) is 0 Å². The number of aryl methyl sites for hydroxylation is 1. The third-order valence-electron chi connectivity index (χ3n) is 4.50. The van der Waals surface area contributed by atoms with Gasteiger partial charge in [-0.25, -0.2) is 4.98 Å². The van der Waals surface area contributed by atoms with Gasteiger partial charge in [0.2, 0.25) is 5.78 Å². The van der Waals surface area contributed by atoms with Crippen LogP contribution in [0.4, 0.5) is 5.82 Å². The summed E-state index contributed by atoms with van der Waals surface area (Å²) in [6.45, 7) is 6.11. The molecule has 0 spiro atoms. The maximum absolute atomic E-state index is 12.8. The van der Waals surface area contributed by atoms with E-state index in [1.165, 1.54) is 0 Å². The number of carbonyl (C=O) groups excluding carboxylic acids is 1. The highest BCUT2D eigenvalue weighted by Gasteiger charge is 2.20. The monoisotopic (exact) mass is 413 g/mol. The van der Waals surface area contributed by atoms with Crippen LogP contribution in [0.25, 0.3) is 0 Å².